The summed E-state index contributed by atoms with van der Waals surface area (Å²) in [7, 11) is 1.64. The number of nitrogens with zero attached hydrogens (tertiary/aromatic N) is 1. The lowest BCUT2D eigenvalue weighted by molar-refractivity contribution is -0.131. The maximum absolute atomic E-state index is 12.7. The van der Waals surface area contributed by atoms with Crippen molar-refractivity contribution in [3.05, 3.63) is 59.8 Å². The van der Waals surface area contributed by atoms with Gasteiger partial charge in [0.25, 0.3) is 0 Å². The first-order valence-corrected chi connectivity index (χ1v) is 15.8. The van der Waals surface area contributed by atoms with Crippen LogP contribution in [-0.4, -0.2) is 56.7 Å². The van der Waals surface area contributed by atoms with Crippen molar-refractivity contribution in [2.24, 2.45) is 51.6 Å². The lowest BCUT2D eigenvalue weighted by Crippen LogP contribution is -2.58. The number of nitrogens with two attached hydrogens (primary N) is 1. The molecule has 1 spiro atoms. The second-order valence-corrected chi connectivity index (χ2v) is 14.0. The Hall–Kier alpha value is -3.05. The first-order valence-electron chi connectivity index (χ1n) is 15.8. The normalized spacial score (nSPS) is 45.1. The van der Waals surface area contributed by atoms with Gasteiger partial charge in [0.15, 0.2) is 5.96 Å². The van der Waals surface area contributed by atoms with E-state index in [4.69, 9.17) is 5.73 Å². The van der Waals surface area contributed by atoms with Gasteiger partial charge in [-0.2, -0.15) is 0 Å². The van der Waals surface area contributed by atoms with Crippen LogP contribution in [0.5, 0.6) is 0 Å². The van der Waals surface area contributed by atoms with Gasteiger partial charge in [-0.05, 0) is 85.6 Å². The average Bonchev–Trinajstić information content (AvgIpc) is 3.47. The lowest BCUT2D eigenvalue weighted by Gasteiger charge is -2.60. The van der Waals surface area contributed by atoms with Crippen molar-refractivity contribution < 1.29 is 15.3 Å². The number of aromatic nitrogens is 1. The number of allylic oxidation sites excluding steroid dienone is 3. The highest BCUT2D eigenvalue weighted by molar-refractivity contribution is 5.80. The van der Waals surface area contributed by atoms with E-state index in [2.05, 4.69) is 75.7 Å². The number of aliphatic hydroxyl groups is 3. The second-order valence-electron chi connectivity index (χ2n) is 14.0. The molecular formula is C35H42N4O3. The van der Waals surface area contributed by atoms with Gasteiger partial charge in [-0.3, -0.25) is 4.99 Å². The molecule has 1 aromatic heterocycles. The summed E-state index contributed by atoms with van der Waals surface area (Å²) in [5.41, 5.74) is 7.15. The Balaban J connectivity index is 1.36. The van der Waals surface area contributed by atoms with Crippen LogP contribution in [0.3, 0.4) is 0 Å². The molecule has 0 radical (unpaired) electrons. The molecule has 0 saturated heterocycles. The smallest absolute Gasteiger partial charge is 0.189 e. The fourth-order valence-corrected chi connectivity index (χ4v) is 11.0. The summed E-state index contributed by atoms with van der Waals surface area (Å²) in [4.78, 5) is 7.79. The fraction of sp³-hybridized carbons (Fsp3) is 0.571. The minimum Gasteiger partial charge on any atom is -0.390 e. The van der Waals surface area contributed by atoms with Gasteiger partial charge in [-0.1, -0.05) is 53.8 Å². The molecule has 3 fully saturated rings. The number of para-hydroxylation sites is 1. The summed E-state index contributed by atoms with van der Waals surface area (Å²) < 4.78 is 0. The van der Waals surface area contributed by atoms with Crippen molar-refractivity contribution in [2.75, 3.05) is 7.05 Å². The molecule has 0 unspecified atom stereocenters. The number of aromatic amines is 1. The number of rotatable bonds is 3. The van der Waals surface area contributed by atoms with Gasteiger partial charge < -0.3 is 31.4 Å². The van der Waals surface area contributed by atoms with Crippen LogP contribution in [0.2, 0.25) is 0 Å². The Morgan fingerprint density at radius 1 is 1.12 bits per heavy atom. The molecule has 2 aromatic rings. The number of aliphatic hydroxyl groups excluding tert-OH is 1. The van der Waals surface area contributed by atoms with Gasteiger partial charge in [0.05, 0.1) is 23.3 Å². The molecule has 0 amide bonds. The molecule has 7 nitrogen and oxygen atoms in total. The first-order chi connectivity index (χ1) is 20.3. The van der Waals surface area contributed by atoms with Gasteiger partial charge in [-0.25, -0.2) is 0 Å². The number of nitrogens with one attached hydrogen (secondary N) is 2. The van der Waals surface area contributed by atoms with Crippen LogP contribution < -0.4 is 11.1 Å². The van der Waals surface area contributed by atoms with E-state index >= 15 is 0 Å². The maximum Gasteiger partial charge on any atom is 0.189 e. The molecule has 6 bridgehead atoms. The van der Waals surface area contributed by atoms with Gasteiger partial charge in [0.2, 0.25) is 0 Å². The highest BCUT2D eigenvalue weighted by Gasteiger charge is 2.74. The van der Waals surface area contributed by atoms with E-state index in [0.29, 0.717) is 12.8 Å². The third-order valence-electron chi connectivity index (χ3n) is 12.4. The van der Waals surface area contributed by atoms with Crippen molar-refractivity contribution >= 4 is 16.9 Å². The third kappa shape index (κ3) is 3.43. The molecule has 1 heterocycles. The van der Waals surface area contributed by atoms with Crippen LogP contribution in [0.4, 0.5) is 0 Å². The number of hydrogen-bond donors (Lipinski definition) is 6. The number of hydrogen-bond acceptors (Lipinski definition) is 4. The van der Waals surface area contributed by atoms with Crippen molar-refractivity contribution in [2.45, 2.75) is 74.7 Å². The summed E-state index contributed by atoms with van der Waals surface area (Å²) >= 11 is 0. The standard InChI is InChI=1S/C35H42N4O3/c1-37-32(36)39-23-12-11-21-7-4-8-22(17-24-16-20-6-2-3-10-29(20)38-24)35(21)26-9-5-15-33(41)25(26)13-14-27(35)31-28(33)18-30(40)34(31,42)19-23/h2-3,5-6,8-10,16,21,23,25-28,30-31,38,40-42H,4,7,13-15,17-19H2,1H3,(H3,36,37,39)/t21-,23-,25-,26+,27-,28+,30+,31+,33+,34+,35+/m1/s1. The maximum atomic E-state index is 12.7. The third-order valence-corrected chi connectivity index (χ3v) is 12.4. The van der Waals surface area contributed by atoms with E-state index in [-0.39, 0.29) is 53.3 Å². The summed E-state index contributed by atoms with van der Waals surface area (Å²) in [5.74, 6) is 7.48. The zero-order valence-electron chi connectivity index (χ0n) is 24.3. The predicted octanol–water partition coefficient (Wildman–Crippen LogP) is 3.42. The second kappa shape index (κ2) is 9.22. The lowest BCUT2D eigenvalue weighted by atomic mass is 9.44. The molecule has 7 heteroatoms. The Morgan fingerprint density at radius 3 is 2.79 bits per heavy atom. The number of aliphatic imine (C=N–C) groups is 1. The van der Waals surface area contributed by atoms with Crippen LogP contribution >= 0.6 is 0 Å². The molecule has 6 aliphatic carbocycles. The Kier molecular flexibility index (Phi) is 5.83. The highest BCUT2D eigenvalue weighted by Crippen LogP contribution is 2.73. The Labute approximate surface area is 247 Å². The molecule has 0 aliphatic heterocycles. The molecule has 8 rings (SSSR count). The molecule has 11 atom stereocenters. The summed E-state index contributed by atoms with van der Waals surface area (Å²) in [5, 5.41) is 41.6. The largest absolute Gasteiger partial charge is 0.390 e. The van der Waals surface area contributed by atoms with E-state index in [9.17, 15) is 15.3 Å². The van der Waals surface area contributed by atoms with Crippen LogP contribution in [0.15, 0.2) is 59.1 Å². The van der Waals surface area contributed by atoms with E-state index in [1.165, 1.54) is 16.7 Å². The molecule has 7 N–H and O–H groups in total. The topological polar surface area (TPSA) is 127 Å². The van der Waals surface area contributed by atoms with E-state index in [0.717, 1.165) is 37.6 Å². The van der Waals surface area contributed by atoms with Gasteiger partial charge in [0.1, 0.15) is 0 Å². The van der Waals surface area contributed by atoms with Gasteiger partial charge in [-0.15, -0.1) is 0 Å². The van der Waals surface area contributed by atoms with Gasteiger partial charge >= 0.3 is 0 Å². The SMILES string of the molecule is CN=C(N)N[C@@H]1C#C[C@H]2CCC=C(Cc3cc4ccccc4[nH]3)[C@@]23[C@@H]2CC[C@@H]4[C@@H]3C=CC[C@@]4(O)[C@H]3C[C@H](O)[C@@](O)(C1)[C@@H]23. The quantitative estimate of drug-likeness (QED) is 0.147. The molecule has 6 aliphatic rings. The molecule has 1 aromatic carbocycles. The first kappa shape index (κ1) is 26.6. The predicted molar refractivity (Wildman–Crippen MR) is 163 cm³/mol. The van der Waals surface area contributed by atoms with Crippen LogP contribution in [0.1, 0.15) is 50.6 Å². The van der Waals surface area contributed by atoms with Crippen molar-refractivity contribution in [1.29, 1.82) is 0 Å². The van der Waals surface area contributed by atoms with Crippen molar-refractivity contribution in [3.8, 4) is 11.8 Å². The van der Waals surface area contributed by atoms with E-state index in [1.807, 2.05) is 0 Å². The minimum atomic E-state index is -1.40. The van der Waals surface area contributed by atoms with Crippen LogP contribution in [0.25, 0.3) is 10.9 Å². The minimum absolute atomic E-state index is 0.0645. The van der Waals surface area contributed by atoms with Crippen LogP contribution in [-0.2, 0) is 6.42 Å². The Morgan fingerprint density at radius 2 is 1.95 bits per heavy atom. The Bertz CT molecular complexity index is 1550. The molecule has 3 saturated carbocycles. The molecular weight excluding hydrogens is 524 g/mol. The zero-order chi connectivity index (χ0) is 28.9. The van der Waals surface area contributed by atoms with E-state index < -0.39 is 23.3 Å². The number of H-pyrrole nitrogens is 1. The number of guanidine groups is 1. The van der Waals surface area contributed by atoms with Crippen molar-refractivity contribution in [3.63, 3.8) is 0 Å². The number of benzene rings is 1. The molecule has 220 valence electrons. The summed E-state index contributed by atoms with van der Waals surface area (Å²) in [6, 6.07) is 10.2. The summed E-state index contributed by atoms with van der Waals surface area (Å²) in [6.45, 7) is 0. The average molecular weight is 567 g/mol. The van der Waals surface area contributed by atoms with E-state index in [1.54, 1.807) is 7.05 Å². The zero-order valence-corrected chi connectivity index (χ0v) is 24.3. The summed E-state index contributed by atoms with van der Waals surface area (Å²) in [6.07, 6.45) is 11.9. The highest BCUT2D eigenvalue weighted by atomic mass is 16.3. The monoisotopic (exact) mass is 566 g/mol. The molecule has 42 heavy (non-hydrogen) atoms. The van der Waals surface area contributed by atoms with Gasteiger partial charge in [0, 0.05) is 42.4 Å². The fourth-order valence-electron chi connectivity index (χ4n) is 11.0. The number of fused-ring (bicyclic) bond motifs is 2. The van der Waals surface area contributed by atoms with Crippen LogP contribution in [0, 0.1) is 52.8 Å². The van der Waals surface area contributed by atoms with Crippen molar-refractivity contribution in [1.82, 2.24) is 10.3 Å².